The van der Waals surface area contributed by atoms with Gasteiger partial charge in [-0.15, -0.1) is 0 Å². The van der Waals surface area contributed by atoms with Crippen LogP contribution in [-0.4, -0.2) is 72.2 Å². The first-order chi connectivity index (χ1) is 62.8. The van der Waals surface area contributed by atoms with Crippen LogP contribution in [0.4, 0.5) is 39.5 Å². The maximum Gasteiger partial charge on any atom is 0.416 e. The number of halogens is 9. The number of benzene rings is 14. The van der Waals surface area contributed by atoms with Gasteiger partial charge in [-0.3, -0.25) is 0 Å². The van der Waals surface area contributed by atoms with E-state index in [0.29, 0.717) is 101 Å². The molecule has 14 aromatic carbocycles. The number of hydrogen-bond donors (Lipinski definition) is 7. The van der Waals surface area contributed by atoms with Gasteiger partial charge in [0.1, 0.15) is 70.8 Å². The summed E-state index contributed by atoms with van der Waals surface area (Å²) in [5.74, 6) is 0.999. The van der Waals surface area contributed by atoms with Crippen LogP contribution in [0.2, 0.25) is 0 Å². The summed E-state index contributed by atoms with van der Waals surface area (Å²) >= 11 is 1.87. The first kappa shape index (κ1) is 99.3. The summed E-state index contributed by atoms with van der Waals surface area (Å²) in [7, 11) is 0. The zero-order valence-electron chi connectivity index (χ0n) is 71.8. The molecular formula is C107H110F9N7O5S. The Hall–Kier alpha value is -11.8. The maximum atomic E-state index is 13.4. The van der Waals surface area contributed by atoms with Gasteiger partial charge in [-0.2, -0.15) is 13.2 Å². The van der Waals surface area contributed by atoms with E-state index in [-0.39, 0.29) is 53.0 Å². The van der Waals surface area contributed by atoms with Crippen molar-refractivity contribution >= 4 is 11.8 Å². The molecule has 14 N–H and O–H groups in total. The summed E-state index contributed by atoms with van der Waals surface area (Å²) < 4.78 is 146. The van der Waals surface area contributed by atoms with E-state index < -0.39 is 23.9 Å². The van der Waals surface area contributed by atoms with E-state index in [1.165, 1.54) is 117 Å². The standard InChI is InChI=1S/C16H16F3NO.C16H18FNO.C15H15F2NO.C15H15F2N.C15H16FNO.C15H15NO.C15H15NS/c17-16(18,19)14-8-6-13(7-9-14)15(21-11-10-20)12-4-2-1-3-5-12;1-12-5-2-3-8-15(12)16(19-10-9-18)13-6-4-7-14(17)11-13;16-13-5-1-3-11(9-13)15(19-8-7-18)12-4-2-6-14(17)10-12;16-13-6-4-11(5-7-13)15(8-9-18)12-2-1-3-14(17)10-12;16-14-8-4-7-13(11-14)15(18-10-9-17)12-5-2-1-3-6-12;2*16-10-9-11-12-5-1-3-7-14(12)17-15-8-4-2-6-13(11)15/h1-9,15H,10-11,20H2;2-8,11,16H,9-10,18H2,1H3;1-6,9-10,15H,7-8,18H2;1-7,10,15H,8-9,18H2;1-8,11,15H,9-10,17H2;2*1-8,11H,9-10,16H2. The van der Waals surface area contributed by atoms with Gasteiger partial charge in [0, 0.05) is 64.9 Å². The summed E-state index contributed by atoms with van der Waals surface area (Å²) in [5.41, 5.74) is 53.0. The average Bonchev–Trinajstić information content (AvgIpc) is 0.779. The quantitative estimate of drug-likeness (QED) is 0.0227. The minimum absolute atomic E-state index is 0.00583. The minimum Gasteiger partial charge on any atom is -0.457 e. The zero-order chi connectivity index (χ0) is 91.7. The van der Waals surface area contributed by atoms with Crippen LogP contribution < -0.4 is 44.9 Å². The highest BCUT2D eigenvalue weighted by atomic mass is 32.2. The van der Waals surface area contributed by atoms with Crippen molar-refractivity contribution in [2.75, 3.05) is 72.2 Å². The summed E-state index contributed by atoms with van der Waals surface area (Å²) in [4.78, 5) is 2.76. The lowest BCUT2D eigenvalue weighted by Gasteiger charge is -2.27. The van der Waals surface area contributed by atoms with Crippen LogP contribution in [0.5, 0.6) is 11.5 Å². The minimum atomic E-state index is -4.33. The predicted molar refractivity (Wildman–Crippen MR) is 498 cm³/mol. The van der Waals surface area contributed by atoms with Crippen molar-refractivity contribution in [3.8, 4) is 11.5 Å². The third-order valence-corrected chi connectivity index (χ3v) is 22.1. The molecule has 0 saturated heterocycles. The zero-order valence-corrected chi connectivity index (χ0v) is 72.6. The van der Waals surface area contributed by atoms with Crippen LogP contribution in [0.15, 0.2) is 362 Å². The Bertz CT molecular complexity index is 5380. The van der Waals surface area contributed by atoms with Crippen LogP contribution in [0.3, 0.4) is 0 Å². The first-order valence-electron chi connectivity index (χ1n) is 42.7. The summed E-state index contributed by atoms with van der Waals surface area (Å²) in [6.45, 7) is 7.06. The number of hydrogen-bond acceptors (Lipinski definition) is 13. The van der Waals surface area contributed by atoms with Crippen molar-refractivity contribution < 1.29 is 63.2 Å². The Morgan fingerprint density at radius 3 is 1.01 bits per heavy atom. The van der Waals surface area contributed by atoms with Gasteiger partial charge in [0.05, 0.1) is 32.0 Å². The molecule has 0 bridgehead atoms. The lowest BCUT2D eigenvalue weighted by atomic mass is 9.86. The average molecular weight is 1780 g/mol. The highest BCUT2D eigenvalue weighted by Crippen LogP contribution is 2.48. The fourth-order valence-corrected chi connectivity index (χ4v) is 16.2. The molecular weight excluding hydrogens is 1670 g/mol. The fraction of sp³-hybridized carbons (Fsp3) is 0.215. The monoisotopic (exact) mass is 1780 g/mol. The van der Waals surface area contributed by atoms with Gasteiger partial charge in [-0.1, -0.05) is 254 Å². The molecule has 4 unspecified atom stereocenters. The van der Waals surface area contributed by atoms with E-state index in [1.807, 2.05) is 146 Å². The molecule has 0 spiro atoms. The third-order valence-electron chi connectivity index (χ3n) is 20.9. The van der Waals surface area contributed by atoms with E-state index in [1.54, 1.807) is 54.6 Å². The number of alkyl halides is 3. The van der Waals surface area contributed by atoms with E-state index >= 15 is 0 Å². The van der Waals surface area contributed by atoms with Gasteiger partial charge in [0.25, 0.3) is 0 Å². The molecule has 12 nitrogen and oxygen atoms in total. The van der Waals surface area contributed by atoms with Crippen molar-refractivity contribution in [2.45, 2.75) is 84.3 Å². The second-order valence-corrected chi connectivity index (χ2v) is 31.1. The summed E-state index contributed by atoms with van der Waals surface area (Å²) in [6, 6.07) is 104. The molecule has 0 aliphatic carbocycles. The first-order valence-corrected chi connectivity index (χ1v) is 43.5. The molecule has 2 heterocycles. The molecule has 672 valence electrons. The Balaban J connectivity index is 0.000000157. The van der Waals surface area contributed by atoms with Crippen molar-refractivity contribution in [1.29, 1.82) is 0 Å². The Morgan fingerprint density at radius 2 is 0.612 bits per heavy atom. The molecule has 14 aromatic rings. The van der Waals surface area contributed by atoms with Gasteiger partial charge in [0.2, 0.25) is 0 Å². The molecule has 4 atom stereocenters. The lowest BCUT2D eigenvalue weighted by Crippen LogP contribution is -2.14. The van der Waals surface area contributed by atoms with Crippen LogP contribution in [0, 0.1) is 41.8 Å². The van der Waals surface area contributed by atoms with E-state index in [9.17, 15) is 39.5 Å². The van der Waals surface area contributed by atoms with Crippen molar-refractivity contribution in [2.24, 2.45) is 40.1 Å². The molecule has 2 aliphatic heterocycles. The van der Waals surface area contributed by atoms with Crippen LogP contribution >= 0.6 is 11.8 Å². The third kappa shape index (κ3) is 30.1. The number of ether oxygens (including phenoxy) is 5. The van der Waals surface area contributed by atoms with Crippen LogP contribution in [0.25, 0.3) is 0 Å². The van der Waals surface area contributed by atoms with Gasteiger partial charge in [-0.05, 0) is 227 Å². The maximum absolute atomic E-state index is 13.4. The van der Waals surface area contributed by atoms with Gasteiger partial charge in [-0.25, -0.2) is 26.3 Å². The molecule has 0 amide bonds. The van der Waals surface area contributed by atoms with Crippen molar-refractivity contribution in [3.63, 3.8) is 0 Å². The second kappa shape index (κ2) is 52.6. The molecule has 2 aliphatic rings. The molecule has 16 rings (SSSR count). The highest BCUT2D eigenvalue weighted by molar-refractivity contribution is 7.99. The Morgan fingerprint density at radius 1 is 0.295 bits per heavy atom. The van der Waals surface area contributed by atoms with Crippen LogP contribution in [0.1, 0.15) is 150 Å². The van der Waals surface area contributed by atoms with Gasteiger partial charge in [0.15, 0.2) is 0 Å². The number of rotatable bonds is 28. The predicted octanol–water partition coefficient (Wildman–Crippen LogP) is 23.2. The fourth-order valence-electron chi connectivity index (χ4n) is 15.0. The number of para-hydroxylation sites is 2. The molecule has 129 heavy (non-hydrogen) atoms. The van der Waals surface area contributed by atoms with Crippen molar-refractivity contribution in [1.82, 2.24) is 0 Å². The summed E-state index contributed by atoms with van der Waals surface area (Å²) in [6.07, 6.45) is -3.14. The van der Waals surface area contributed by atoms with Crippen molar-refractivity contribution in [3.05, 3.63) is 476 Å². The Labute approximate surface area is 754 Å². The number of fused-ring (bicyclic) bond motifs is 4. The second-order valence-electron chi connectivity index (χ2n) is 30.0. The molecule has 0 aromatic heterocycles. The SMILES string of the molecule is Cc1ccccc1C(OCCN)c1cccc(F)c1.NCCC(c1ccc(F)cc1)c1cccc(F)c1.NCCC1c2ccccc2Oc2ccccc21.NCCC1c2ccccc2Sc2ccccc21.NCCOC(c1cccc(F)c1)c1cccc(F)c1.NCCOC(c1ccccc1)c1ccc(C(F)(F)F)cc1.NCCOC(c1ccccc1)c1cccc(F)c1. The number of nitrogens with two attached hydrogens (primary N) is 7. The molecule has 22 heteroatoms. The summed E-state index contributed by atoms with van der Waals surface area (Å²) in [5, 5.41) is 0. The number of aryl methyl sites for hydroxylation is 1. The van der Waals surface area contributed by atoms with Gasteiger partial charge < -0.3 is 63.8 Å². The van der Waals surface area contributed by atoms with E-state index in [4.69, 9.17) is 63.8 Å². The highest BCUT2D eigenvalue weighted by Gasteiger charge is 2.32. The topological polar surface area (TPSA) is 228 Å². The smallest absolute Gasteiger partial charge is 0.416 e. The largest absolute Gasteiger partial charge is 0.457 e. The van der Waals surface area contributed by atoms with E-state index in [0.717, 1.165) is 87.5 Å². The normalized spacial score (nSPS) is 12.7. The Kier molecular flexibility index (Phi) is 40.5. The molecule has 0 fully saturated rings. The van der Waals surface area contributed by atoms with Gasteiger partial charge >= 0.3 is 6.18 Å². The molecule has 0 saturated carbocycles. The van der Waals surface area contributed by atoms with E-state index in [2.05, 4.69) is 72.8 Å². The van der Waals surface area contributed by atoms with Crippen LogP contribution in [-0.2, 0) is 25.1 Å². The molecule has 0 radical (unpaired) electrons. The lowest BCUT2D eigenvalue weighted by molar-refractivity contribution is -0.137.